The van der Waals surface area contributed by atoms with E-state index in [0.717, 1.165) is 13.1 Å². The Hall–Kier alpha value is 0.0900. The van der Waals surface area contributed by atoms with E-state index in [1.54, 1.807) is 0 Å². The largest absolute Gasteiger partial charge is 0.372 e. The van der Waals surface area contributed by atoms with Crippen molar-refractivity contribution < 1.29 is 9.53 Å². The zero-order valence-corrected chi connectivity index (χ0v) is 13.6. The van der Waals surface area contributed by atoms with Crippen LogP contribution in [0, 0.1) is 0 Å². The number of amides is 1. The number of ether oxygens (including phenoxy) is 1. The summed E-state index contributed by atoms with van der Waals surface area (Å²) < 4.78 is 7.51. The molecule has 0 radical (unpaired) electrons. The third kappa shape index (κ3) is 3.10. The molecule has 1 aliphatic heterocycles. The van der Waals surface area contributed by atoms with Crippen molar-refractivity contribution >= 4 is 49.1 Å². The predicted molar refractivity (Wildman–Crippen MR) is 75.6 cm³/mol. The first-order valence-corrected chi connectivity index (χ1v) is 7.77. The number of carbonyl (C=O) groups is 1. The Kier molecular flexibility index (Phi) is 4.28. The zero-order valence-electron chi connectivity index (χ0n) is 9.57. The highest BCUT2D eigenvalue weighted by Gasteiger charge is 2.27. The fraction of sp³-hybridized carbons (Fsp3) is 0.545. The summed E-state index contributed by atoms with van der Waals surface area (Å²) in [5.74, 6) is 0.0865. The van der Waals surface area contributed by atoms with Crippen LogP contribution in [-0.4, -0.2) is 36.1 Å². The van der Waals surface area contributed by atoms with Crippen LogP contribution in [0.25, 0.3) is 0 Å². The molecule has 2 heterocycles. The standard InChI is InChI=1S/C11H13Br2NO2S/c1-6-4-14(5-7(2)16-6)11(15)9-3-8(12)10(13)17-9/h3,6-7H,4-5H2,1-2H3/t6-,7-/m1/s1. The van der Waals surface area contributed by atoms with E-state index in [4.69, 9.17) is 4.74 Å². The molecule has 1 aromatic rings. The van der Waals surface area contributed by atoms with E-state index in [0.29, 0.717) is 13.1 Å². The molecule has 1 amide bonds. The SMILES string of the molecule is C[C@@H]1CN(C(=O)c2cc(Br)c(Br)s2)C[C@@H](C)O1. The number of halogens is 2. The van der Waals surface area contributed by atoms with Crippen molar-refractivity contribution in [2.75, 3.05) is 13.1 Å². The Morgan fingerprint density at radius 2 is 2.00 bits per heavy atom. The Morgan fingerprint density at radius 3 is 2.47 bits per heavy atom. The van der Waals surface area contributed by atoms with Crippen LogP contribution in [0.4, 0.5) is 0 Å². The van der Waals surface area contributed by atoms with Gasteiger partial charge in [0.2, 0.25) is 0 Å². The fourth-order valence-corrected chi connectivity index (χ4v) is 3.96. The van der Waals surface area contributed by atoms with Crippen molar-refractivity contribution in [1.82, 2.24) is 4.90 Å². The number of rotatable bonds is 1. The van der Waals surface area contributed by atoms with Gasteiger partial charge >= 0.3 is 0 Å². The highest BCUT2D eigenvalue weighted by Crippen LogP contribution is 2.33. The molecule has 1 fully saturated rings. The number of hydrogen-bond donors (Lipinski definition) is 0. The van der Waals surface area contributed by atoms with Gasteiger partial charge in [-0.3, -0.25) is 4.79 Å². The van der Waals surface area contributed by atoms with Crippen molar-refractivity contribution in [3.63, 3.8) is 0 Å². The second-order valence-corrected chi connectivity index (χ2v) is 7.42. The first-order chi connectivity index (χ1) is 7.97. The molecule has 0 bridgehead atoms. The van der Waals surface area contributed by atoms with Gasteiger partial charge in [-0.05, 0) is 51.8 Å². The van der Waals surface area contributed by atoms with E-state index in [-0.39, 0.29) is 18.1 Å². The molecule has 0 saturated carbocycles. The zero-order chi connectivity index (χ0) is 12.6. The number of carbonyl (C=O) groups excluding carboxylic acids is 1. The van der Waals surface area contributed by atoms with Crippen molar-refractivity contribution in [2.24, 2.45) is 0 Å². The van der Waals surface area contributed by atoms with Crippen LogP contribution < -0.4 is 0 Å². The maximum Gasteiger partial charge on any atom is 0.264 e. The van der Waals surface area contributed by atoms with E-state index in [2.05, 4.69) is 31.9 Å². The number of morpholine rings is 1. The molecular weight excluding hydrogens is 370 g/mol. The summed E-state index contributed by atoms with van der Waals surface area (Å²) in [6, 6.07) is 1.86. The van der Waals surface area contributed by atoms with Gasteiger partial charge in [0.25, 0.3) is 5.91 Å². The summed E-state index contributed by atoms with van der Waals surface area (Å²) in [6.45, 7) is 5.32. The van der Waals surface area contributed by atoms with Crippen LogP contribution in [0.15, 0.2) is 14.3 Å². The first-order valence-electron chi connectivity index (χ1n) is 5.37. The molecule has 3 nitrogen and oxygen atoms in total. The normalized spacial score (nSPS) is 25.1. The topological polar surface area (TPSA) is 29.5 Å². The molecule has 6 heteroatoms. The van der Waals surface area contributed by atoms with Gasteiger partial charge < -0.3 is 9.64 Å². The number of thiophene rings is 1. The molecular formula is C11H13Br2NO2S. The van der Waals surface area contributed by atoms with Gasteiger partial charge in [0.05, 0.1) is 20.9 Å². The molecule has 17 heavy (non-hydrogen) atoms. The Labute approximate surface area is 121 Å². The van der Waals surface area contributed by atoms with E-state index in [1.165, 1.54) is 11.3 Å². The van der Waals surface area contributed by atoms with Crippen LogP contribution in [0.1, 0.15) is 23.5 Å². The van der Waals surface area contributed by atoms with Crippen molar-refractivity contribution in [3.05, 3.63) is 19.2 Å². The van der Waals surface area contributed by atoms with Gasteiger partial charge in [0.15, 0.2) is 0 Å². The molecule has 0 N–H and O–H groups in total. The van der Waals surface area contributed by atoms with Crippen LogP contribution in [0.2, 0.25) is 0 Å². The van der Waals surface area contributed by atoms with Gasteiger partial charge in [-0.25, -0.2) is 0 Å². The highest BCUT2D eigenvalue weighted by atomic mass is 79.9. The lowest BCUT2D eigenvalue weighted by atomic mass is 10.2. The predicted octanol–water partition coefficient (Wildman–Crippen LogP) is 3.52. The highest BCUT2D eigenvalue weighted by molar-refractivity contribution is 9.13. The molecule has 1 aliphatic rings. The molecule has 1 aromatic heterocycles. The summed E-state index contributed by atoms with van der Waals surface area (Å²) in [5.41, 5.74) is 0. The van der Waals surface area contributed by atoms with E-state index < -0.39 is 0 Å². The molecule has 1 saturated heterocycles. The summed E-state index contributed by atoms with van der Waals surface area (Å²) in [4.78, 5) is 14.9. The summed E-state index contributed by atoms with van der Waals surface area (Å²) >= 11 is 8.26. The number of hydrogen-bond acceptors (Lipinski definition) is 3. The molecule has 0 spiro atoms. The molecule has 0 aromatic carbocycles. The van der Waals surface area contributed by atoms with Crippen LogP contribution >= 0.6 is 43.2 Å². The molecule has 0 unspecified atom stereocenters. The fourth-order valence-electron chi connectivity index (χ4n) is 1.95. The number of nitrogens with zero attached hydrogens (tertiary/aromatic N) is 1. The lowest BCUT2D eigenvalue weighted by Gasteiger charge is -2.35. The van der Waals surface area contributed by atoms with Crippen LogP contribution in [0.5, 0.6) is 0 Å². The first kappa shape index (κ1) is 13.5. The third-order valence-electron chi connectivity index (χ3n) is 2.56. The van der Waals surface area contributed by atoms with Gasteiger partial charge in [-0.1, -0.05) is 0 Å². The Morgan fingerprint density at radius 1 is 1.41 bits per heavy atom. The molecule has 2 atom stereocenters. The minimum Gasteiger partial charge on any atom is -0.372 e. The molecule has 2 rings (SSSR count). The van der Waals surface area contributed by atoms with Crippen molar-refractivity contribution in [3.8, 4) is 0 Å². The summed E-state index contributed by atoms with van der Waals surface area (Å²) in [6.07, 6.45) is 0.212. The van der Waals surface area contributed by atoms with E-state index in [9.17, 15) is 4.79 Å². The average Bonchev–Trinajstić information content (AvgIpc) is 2.57. The molecule has 0 aliphatic carbocycles. The van der Waals surface area contributed by atoms with Crippen LogP contribution in [-0.2, 0) is 4.74 Å². The Balaban J connectivity index is 2.14. The van der Waals surface area contributed by atoms with E-state index in [1.807, 2.05) is 24.8 Å². The summed E-state index contributed by atoms with van der Waals surface area (Å²) in [7, 11) is 0. The maximum absolute atomic E-state index is 12.3. The van der Waals surface area contributed by atoms with Gasteiger partial charge in [-0.15, -0.1) is 11.3 Å². The Bertz CT molecular complexity index is 406. The smallest absolute Gasteiger partial charge is 0.264 e. The van der Waals surface area contributed by atoms with Gasteiger partial charge in [0.1, 0.15) is 0 Å². The monoisotopic (exact) mass is 381 g/mol. The maximum atomic E-state index is 12.3. The second-order valence-electron chi connectivity index (χ2n) is 4.20. The van der Waals surface area contributed by atoms with Crippen LogP contribution in [0.3, 0.4) is 0 Å². The third-order valence-corrected chi connectivity index (χ3v) is 5.81. The minimum atomic E-state index is 0.0865. The van der Waals surface area contributed by atoms with Crippen molar-refractivity contribution in [2.45, 2.75) is 26.1 Å². The lowest BCUT2D eigenvalue weighted by molar-refractivity contribution is -0.0585. The van der Waals surface area contributed by atoms with E-state index >= 15 is 0 Å². The minimum absolute atomic E-state index is 0.0865. The van der Waals surface area contributed by atoms with Gasteiger partial charge in [-0.2, -0.15) is 0 Å². The quantitative estimate of drug-likeness (QED) is 0.743. The average molecular weight is 383 g/mol. The second kappa shape index (κ2) is 5.38. The van der Waals surface area contributed by atoms with Crippen molar-refractivity contribution in [1.29, 1.82) is 0 Å². The molecule has 94 valence electrons. The van der Waals surface area contributed by atoms with Gasteiger partial charge in [0, 0.05) is 17.6 Å². The lowest BCUT2D eigenvalue weighted by Crippen LogP contribution is -2.48. The summed E-state index contributed by atoms with van der Waals surface area (Å²) in [5, 5.41) is 0.